The van der Waals surface area contributed by atoms with Crippen LogP contribution in [0.25, 0.3) is 0 Å². The third-order valence-electron chi connectivity index (χ3n) is 4.78. The first-order valence-electron chi connectivity index (χ1n) is 9.20. The maximum absolute atomic E-state index is 12.0. The van der Waals surface area contributed by atoms with E-state index in [9.17, 15) is 9.59 Å². The molecule has 0 radical (unpaired) electrons. The summed E-state index contributed by atoms with van der Waals surface area (Å²) < 4.78 is 5.28. The van der Waals surface area contributed by atoms with Gasteiger partial charge in [-0.2, -0.15) is 0 Å². The highest BCUT2D eigenvalue weighted by molar-refractivity contribution is 5.90. The molecule has 1 fully saturated rings. The molecule has 7 nitrogen and oxygen atoms in total. The molecule has 1 aliphatic rings. The van der Waals surface area contributed by atoms with Crippen LogP contribution in [0.5, 0.6) is 5.75 Å². The number of benzene rings is 1. The fourth-order valence-corrected chi connectivity index (χ4v) is 3.17. The maximum Gasteiger partial charge on any atom is 0.319 e. The Morgan fingerprint density at radius 3 is 2.65 bits per heavy atom. The van der Waals surface area contributed by atoms with Gasteiger partial charge in [-0.3, -0.25) is 4.79 Å². The summed E-state index contributed by atoms with van der Waals surface area (Å²) in [4.78, 5) is 25.5. The average molecular weight is 362 g/mol. The van der Waals surface area contributed by atoms with Crippen LogP contribution in [-0.2, 0) is 4.79 Å². The van der Waals surface area contributed by atoms with Gasteiger partial charge in [0, 0.05) is 12.5 Å². The van der Waals surface area contributed by atoms with Crippen LogP contribution in [0.4, 0.5) is 10.5 Å². The highest BCUT2D eigenvalue weighted by atomic mass is 16.5. The molecule has 3 amide bonds. The molecule has 0 spiro atoms. The van der Waals surface area contributed by atoms with Gasteiger partial charge in [-0.15, -0.1) is 0 Å². The van der Waals surface area contributed by atoms with Gasteiger partial charge in [-0.05, 0) is 69.9 Å². The number of amides is 3. The Labute approximate surface area is 155 Å². The molecule has 0 aliphatic carbocycles. The number of likely N-dealkylation sites (tertiary alicyclic amines) is 1. The first kappa shape index (κ1) is 20.0. The molecule has 1 aromatic carbocycles. The number of anilines is 1. The van der Waals surface area contributed by atoms with E-state index in [2.05, 4.69) is 15.5 Å². The minimum absolute atomic E-state index is 0.0374. The molecule has 0 bridgehead atoms. The molecule has 7 heteroatoms. The van der Waals surface area contributed by atoms with Gasteiger partial charge in [0.1, 0.15) is 5.75 Å². The Morgan fingerprint density at radius 1 is 1.27 bits per heavy atom. The predicted octanol–water partition coefficient (Wildman–Crippen LogP) is 2.10. The maximum atomic E-state index is 12.0. The lowest BCUT2D eigenvalue weighted by Crippen LogP contribution is -2.39. The summed E-state index contributed by atoms with van der Waals surface area (Å²) in [6.07, 6.45) is 3.63. The zero-order valence-electron chi connectivity index (χ0n) is 15.7. The molecule has 144 valence electrons. The van der Waals surface area contributed by atoms with E-state index in [1.165, 1.54) is 0 Å². The summed E-state index contributed by atoms with van der Waals surface area (Å²) in [5, 5.41) is 5.69. The van der Waals surface area contributed by atoms with Gasteiger partial charge in [0.05, 0.1) is 12.8 Å². The molecule has 4 N–H and O–H groups in total. The number of aryl methyl sites for hydroxylation is 1. The van der Waals surface area contributed by atoms with E-state index in [-0.39, 0.29) is 17.9 Å². The van der Waals surface area contributed by atoms with Crippen molar-refractivity contribution >= 4 is 17.6 Å². The van der Waals surface area contributed by atoms with Crippen LogP contribution in [0, 0.1) is 12.8 Å². The minimum Gasteiger partial charge on any atom is -0.495 e. The van der Waals surface area contributed by atoms with Crippen LogP contribution < -0.4 is 21.1 Å². The van der Waals surface area contributed by atoms with Crippen molar-refractivity contribution in [3.8, 4) is 5.75 Å². The zero-order chi connectivity index (χ0) is 18.9. The number of hydrogen-bond donors (Lipinski definition) is 3. The molecule has 0 atom stereocenters. The average Bonchev–Trinajstić information content (AvgIpc) is 2.63. The Kier molecular flexibility index (Phi) is 7.72. The Balaban J connectivity index is 1.60. The minimum atomic E-state index is -0.227. The second-order valence-electron chi connectivity index (χ2n) is 6.81. The summed E-state index contributed by atoms with van der Waals surface area (Å²) >= 11 is 0. The van der Waals surface area contributed by atoms with E-state index in [1.54, 1.807) is 7.11 Å². The van der Waals surface area contributed by atoms with Crippen LogP contribution in [0.15, 0.2) is 18.2 Å². The number of carbonyl (C=O) groups is 2. The third kappa shape index (κ3) is 6.22. The van der Waals surface area contributed by atoms with Crippen molar-refractivity contribution in [3.05, 3.63) is 23.8 Å². The SMILES string of the molecule is COc1cc(C)ccc1NC(=O)NCCCCN1CCC(C(N)=O)CC1. The fraction of sp³-hybridized carbons (Fsp3) is 0.579. The van der Waals surface area contributed by atoms with Crippen LogP contribution in [0.3, 0.4) is 0 Å². The Hall–Kier alpha value is -2.28. The molecule has 1 heterocycles. The molecule has 0 saturated carbocycles. The number of primary amides is 1. The Morgan fingerprint density at radius 2 is 2.00 bits per heavy atom. The number of ether oxygens (including phenoxy) is 1. The monoisotopic (exact) mass is 362 g/mol. The fourth-order valence-electron chi connectivity index (χ4n) is 3.17. The zero-order valence-corrected chi connectivity index (χ0v) is 15.7. The van der Waals surface area contributed by atoms with E-state index >= 15 is 0 Å². The van der Waals surface area contributed by atoms with Gasteiger partial charge in [0.25, 0.3) is 0 Å². The predicted molar refractivity (Wildman–Crippen MR) is 102 cm³/mol. The molecular formula is C19H30N4O3. The number of nitrogens with one attached hydrogen (secondary N) is 2. The van der Waals surface area contributed by atoms with E-state index in [0.29, 0.717) is 18.0 Å². The van der Waals surface area contributed by atoms with Crippen LogP contribution >= 0.6 is 0 Å². The van der Waals surface area contributed by atoms with Crippen LogP contribution in [0.2, 0.25) is 0 Å². The molecule has 0 unspecified atom stereocenters. The number of nitrogens with two attached hydrogens (primary N) is 1. The highest BCUT2D eigenvalue weighted by Gasteiger charge is 2.22. The van der Waals surface area contributed by atoms with Gasteiger partial charge in [0.2, 0.25) is 5.91 Å². The van der Waals surface area contributed by atoms with Crippen molar-refractivity contribution in [3.63, 3.8) is 0 Å². The summed E-state index contributed by atoms with van der Waals surface area (Å²) in [7, 11) is 1.59. The quantitative estimate of drug-likeness (QED) is 0.617. The number of piperidine rings is 1. The number of urea groups is 1. The van der Waals surface area contributed by atoms with Crippen molar-refractivity contribution in [2.24, 2.45) is 11.7 Å². The Bertz CT molecular complexity index is 613. The van der Waals surface area contributed by atoms with Gasteiger partial charge < -0.3 is 26.0 Å². The summed E-state index contributed by atoms with van der Waals surface area (Å²) in [6.45, 7) is 5.44. The molecule has 1 saturated heterocycles. The number of unbranched alkanes of at least 4 members (excludes halogenated alkanes) is 1. The summed E-state index contributed by atoms with van der Waals surface area (Å²) in [5.74, 6) is 0.514. The first-order chi connectivity index (χ1) is 12.5. The molecule has 0 aromatic heterocycles. The van der Waals surface area contributed by atoms with Gasteiger partial charge in [-0.25, -0.2) is 4.79 Å². The normalized spacial score (nSPS) is 15.5. The van der Waals surface area contributed by atoms with Gasteiger partial charge in [-0.1, -0.05) is 6.07 Å². The lowest BCUT2D eigenvalue weighted by Gasteiger charge is -2.30. The topological polar surface area (TPSA) is 96.7 Å². The van der Waals surface area contributed by atoms with Gasteiger partial charge in [0.15, 0.2) is 0 Å². The molecule has 2 rings (SSSR count). The molecule has 26 heavy (non-hydrogen) atoms. The lowest BCUT2D eigenvalue weighted by atomic mass is 9.96. The smallest absolute Gasteiger partial charge is 0.319 e. The summed E-state index contributed by atoms with van der Waals surface area (Å²) in [6, 6.07) is 5.43. The third-order valence-corrected chi connectivity index (χ3v) is 4.78. The first-order valence-corrected chi connectivity index (χ1v) is 9.20. The number of nitrogens with zero attached hydrogens (tertiary/aromatic N) is 1. The van der Waals surface area contributed by atoms with Crippen molar-refractivity contribution in [2.45, 2.75) is 32.6 Å². The van der Waals surface area contributed by atoms with E-state index in [4.69, 9.17) is 10.5 Å². The van der Waals surface area contributed by atoms with E-state index < -0.39 is 0 Å². The second kappa shape index (κ2) is 10.0. The van der Waals surface area contributed by atoms with Crippen LogP contribution in [0.1, 0.15) is 31.2 Å². The molecular weight excluding hydrogens is 332 g/mol. The van der Waals surface area contributed by atoms with Crippen LogP contribution in [-0.4, -0.2) is 50.1 Å². The largest absolute Gasteiger partial charge is 0.495 e. The molecule has 1 aromatic rings. The van der Waals surface area contributed by atoms with Crippen molar-refractivity contribution in [1.29, 1.82) is 0 Å². The molecule has 1 aliphatic heterocycles. The van der Waals surface area contributed by atoms with Gasteiger partial charge >= 0.3 is 6.03 Å². The van der Waals surface area contributed by atoms with Crippen molar-refractivity contribution in [2.75, 3.05) is 38.6 Å². The lowest BCUT2D eigenvalue weighted by molar-refractivity contribution is -0.123. The van der Waals surface area contributed by atoms with Crippen molar-refractivity contribution < 1.29 is 14.3 Å². The highest BCUT2D eigenvalue weighted by Crippen LogP contribution is 2.25. The number of carbonyl (C=O) groups excluding carboxylic acids is 2. The number of rotatable bonds is 8. The van der Waals surface area contributed by atoms with Crippen molar-refractivity contribution in [1.82, 2.24) is 10.2 Å². The second-order valence-corrected chi connectivity index (χ2v) is 6.81. The van der Waals surface area contributed by atoms with E-state index in [1.807, 2.05) is 25.1 Å². The number of methoxy groups -OCH3 is 1. The summed E-state index contributed by atoms with van der Waals surface area (Å²) in [5.41, 5.74) is 7.09. The standard InChI is InChI=1S/C19H30N4O3/c1-14-5-6-16(17(13-14)26-2)22-19(25)21-9-3-4-10-23-11-7-15(8-12-23)18(20)24/h5-6,13,15H,3-4,7-12H2,1-2H3,(H2,20,24)(H2,21,22,25). The van der Waals surface area contributed by atoms with E-state index in [0.717, 1.165) is 50.9 Å². The number of hydrogen-bond acceptors (Lipinski definition) is 4.